The fraction of sp³-hybridized carbons (Fsp3) is 0.562. The van der Waals surface area contributed by atoms with Gasteiger partial charge in [-0.2, -0.15) is 0 Å². The van der Waals surface area contributed by atoms with Gasteiger partial charge in [-0.1, -0.05) is 41.4 Å². The number of carbonyl (C=O) groups excluding carboxylic acids is 1. The highest BCUT2D eigenvalue weighted by atomic mass is 79.9. The molecule has 1 aliphatic rings. The minimum atomic E-state index is -0.112. The highest BCUT2D eigenvalue weighted by Gasteiger charge is 2.21. The van der Waals surface area contributed by atoms with Gasteiger partial charge in [-0.3, -0.25) is 4.79 Å². The predicted molar refractivity (Wildman–Crippen MR) is 90.9 cm³/mol. The molecule has 0 saturated carbocycles. The summed E-state index contributed by atoms with van der Waals surface area (Å²) in [7, 11) is 0. The predicted octanol–water partition coefficient (Wildman–Crippen LogP) is 3.81. The van der Waals surface area contributed by atoms with Crippen LogP contribution in [0.5, 0.6) is 0 Å². The molecule has 1 N–H and O–H groups in total. The second-order valence-electron chi connectivity index (χ2n) is 6.09. The molecule has 0 aliphatic carbocycles. The maximum Gasteiger partial charge on any atom is 0.252 e. The topological polar surface area (TPSA) is 32.3 Å². The Morgan fingerprint density at radius 1 is 1.38 bits per heavy atom. The second kappa shape index (κ2) is 7.61. The molecule has 2 atom stereocenters. The van der Waals surface area contributed by atoms with Crippen LogP contribution in [0.2, 0.25) is 5.02 Å². The van der Waals surface area contributed by atoms with Gasteiger partial charge < -0.3 is 10.2 Å². The van der Waals surface area contributed by atoms with E-state index >= 15 is 0 Å². The Balaban J connectivity index is 1.83. The lowest BCUT2D eigenvalue weighted by Gasteiger charge is -2.34. The molecular formula is C16H22BrClN2O. The molecule has 0 bridgehead atoms. The van der Waals surface area contributed by atoms with Gasteiger partial charge in [0.2, 0.25) is 0 Å². The summed E-state index contributed by atoms with van der Waals surface area (Å²) in [6, 6.07) is 5.31. The first-order valence-corrected chi connectivity index (χ1v) is 8.58. The smallest absolute Gasteiger partial charge is 0.252 e. The largest absolute Gasteiger partial charge is 0.351 e. The zero-order valence-corrected chi connectivity index (χ0v) is 14.9. The lowest BCUT2D eigenvalue weighted by Crippen LogP contribution is -2.42. The molecule has 0 unspecified atom stereocenters. The first-order chi connectivity index (χ1) is 9.95. The van der Waals surface area contributed by atoms with Crippen molar-refractivity contribution in [3.63, 3.8) is 0 Å². The van der Waals surface area contributed by atoms with Crippen molar-refractivity contribution in [2.24, 2.45) is 11.8 Å². The zero-order valence-electron chi connectivity index (χ0n) is 12.5. The van der Waals surface area contributed by atoms with Crippen molar-refractivity contribution >= 4 is 33.4 Å². The summed E-state index contributed by atoms with van der Waals surface area (Å²) >= 11 is 9.43. The minimum absolute atomic E-state index is 0.112. The van der Waals surface area contributed by atoms with E-state index in [1.54, 1.807) is 12.1 Å². The Hall–Kier alpha value is -0.580. The fourth-order valence-corrected chi connectivity index (χ4v) is 3.63. The van der Waals surface area contributed by atoms with Crippen molar-refractivity contribution < 1.29 is 4.79 Å². The van der Waals surface area contributed by atoms with Gasteiger partial charge in [0, 0.05) is 30.7 Å². The zero-order chi connectivity index (χ0) is 15.4. The van der Waals surface area contributed by atoms with Crippen LogP contribution in [0.15, 0.2) is 22.7 Å². The third kappa shape index (κ3) is 4.97. The Labute approximate surface area is 140 Å². The van der Waals surface area contributed by atoms with Gasteiger partial charge >= 0.3 is 0 Å². The number of nitrogens with one attached hydrogen (secondary N) is 1. The number of piperidine rings is 1. The van der Waals surface area contributed by atoms with E-state index in [0.29, 0.717) is 17.1 Å². The molecule has 0 radical (unpaired) electrons. The molecule has 5 heteroatoms. The lowest BCUT2D eigenvalue weighted by atomic mass is 9.92. The number of carbonyl (C=O) groups is 1. The van der Waals surface area contributed by atoms with Crippen molar-refractivity contribution in [1.29, 1.82) is 0 Å². The van der Waals surface area contributed by atoms with Crippen molar-refractivity contribution in [3.05, 3.63) is 33.3 Å². The number of halogens is 2. The van der Waals surface area contributed by atoms with Gasteiger partial charge in [-0.25, -0.2) is 0 Å². The van der Waals surface area contributed by atoms with Crippen molar-refractivity contribution in [3.8, 4) is 0 Å². The Bertz CT molecular complexity index is 499. The van der Waals surface area contributed by atoms with E-state index in [2.05, 4.69) is 40.0 Å². The summed E-state index contributed by atoms with van der Waals surface area (Å²) in [6.45, 7) is 8.38. The van der Waals surface area contributed by atoms with Crippen LogP contribution in [0.25, 0.3) is 0 Å². The summed E-state index contributed by atoms with van der Waals surface area (Å²) in [4.78, 5) is 14.6. The van der Waals surface area contributed by atoms with Crippen molar-refractivity contribution in [2.75, 3.05) is 26.2 Å². The molecule has 0 aromatic heterocycles. The number of hydrogen-bond donors (Lipinski definition) is 1. The Morgan fingerprint density at radius 2 is 2.05 bits per heavy atom. The van der Waals surface area contributed by atoms with Crippen LogP contribution in [-0.2, 0) is 0 Å². The van der Waals surface area contributed by atoms with Crippen LogP contribution in [0.3, 0.4) is 0 Å². The SMILES string of the molecule is C[C@@H]1C[C@H](C)CN(CCNC(=O)c2cc(Br)ccc2Cl)C1. The summed E-state index contributed by atoms with van der Waals surface area (Å²) in [5.74, 6) is 1.37. The van der Waals surface area contributed by atoms with Crippen LogP contribution in [-0.4, -0.2) is 37.0 Å². The number of rotatable bonds is 4. The standard InChI is InChI=1S/C16H22BrClN2O/c1-11-7-12(2)10-20(9-11)6-5-19-16(21)14-8-13(17)3-4-15(14)18/h3-4,8,11-12H,5-7,9-10H2,1-2H3,(H,19,21)/t11-,12+. The van der Waals surface area contributed by atoms with Gasteiger partial charge in [0.25, 0.3) is 5.91 Å². The van der Waals surface area contributed by atoms with E-state index in [1.165, 1.54) is 6.42 Å². The molecule has 3 nitrogen and oxygen atoms in total. The van der Waals surface area contributed by atoms with Crippen LogP contribution in [0, 0.1) is 11.8 Å². The average molecular weight is 374 g/mol. The molecule has 0 spiro atoms. The molecule has 1 aliphatic heterocycles. The average Bonchev–Trinajstić information content (AvgIpc) is 2.40. The number of nitrogens with zero attached hydrogens (tertiary/aromatic N) is 1. The number of benzene rings is 1. The molecule has 1 aromatic rings. The van der Waals surface area contributed by atoms with E-state index in [4.69, 9.17) is 11.6 Å². The maximum absolute atomic E-state index is 12.2. The van der Waals surface area contributed by atoms with Crippen molar-refractivity contribution in [2.45, 2.75) is 20.3 Å². The maximum atomic E-state index is 12.2. The van der Waals surface area contributed by atoms with Gasteiger partial charge in [0.05, 0.1) is 10.6 Å². The quantitative estimate of drug-likeness (QED) is 0.870. The molecule has 21 heavy (non-hydrogen) atoms. The molecule has 1 aromatic carbocycles. The summed E-state index contributed by atoms with van der Waals surface area (Å²) in [5.41, 5.74) is 0.520. The normalized spacial score (nSPS) is 23.0. The highest BCUT2D eigenvalue weighted by molar-refractivity contribution is 9.10. The summed E-state index contributed by atoms with van der Waals surface area (Å²) in [6.07, 6.45) is 1.30. The highest BCUT2D eigenvalue weighted by Crippen LogP contribution is 2.21. The molecular weight excluding hydrogens is 352 g/mol. The van der Waals surface area contributed by atoms with E-state index in [9.17, 15) is 4.79 Å². The van der Waals surface area contributed by atoms with Gasteiger partial charge in [-0.15, -0.1) is 0 Å². The molecule has 1 saturated heterocycles. The van der Waals surface area contributed by atoms with Crippen LogP contribution < -0.4 is 5.32 Å². The van der Waals surface area contributed by atoms with E-state index < -0.39 is 0 Å². The first kappa shape index (κ1) is 16.8. The fourth-order valence-electron chi connectivity index (χ4n) is 3.07. The number of likely N-dealkylation sites (tertiary alicyclic amines) is 1. The molecule has 1 heterocycles. The third-order valence-corrected chi connectivity index (χ3v) is 4.65. The van der Waals surface area contributed by atoms with Gasteiger partial charge in [-0.05, 0) is 36.5 Å². The van der Waals surface area contributed by atoms with E-state index in [1.807, 2.05) is 6.07 Å². The molecule has 116 valence electrons. The minimum Gasteiger partial charge on any atom is -0.351 e. The molecule has 1 fully saturated rings. The first-order valence-electron chi connectivity index (χ1n) is 7.41. The van der Waals surface area contributed by atoms with E-state index in [-0.39, 0.29) is 5.91 Å². The van der Waals surface area contributed by atoms with Gasteiger partial charge in [0.1, 0.15) is 0 Å². The Kier molecular flexibility index (Phi) is 6.08. The van der Waals surface area contributed by atoms with Crippen LogP contribution >= 0.6 is 27.5 Å². The van der Waals surface area contributed by atoms with E-state index in [0.717, 1.165) is 35.9 Å². The summed E-state index contributed by atoms with van der Waals surface area (Å²) in [5, 5.41) is 3.44. The molecule has 2 rings (SSSR count). The number of hydrogen-bond acceptors (Lipinski definition) is 2. The van der Waals surface area contributed by atoms with Crippen LogP contribution in [0.4, 0.5) is 0 Å². The lowest BCUT2D eigenvalue weighted by molar-refractivity contribution is 0.0936. The van der Waals surface area contributed by atoms with Gasteiger partial charge in [0.15, 0.2) is 0 Å². The molecule has 1 amide bonds. The van der Waals surface area contributed by atoms with Crippen LogP contribution in [0.1, 0.15) is 30.6 Å². The monoisotopic (exact) mass is 372 g/mol. The summed E-state index contributed by atoms with van der Waals surface area (Å²) < 4.78 is 0.857. The third-order valence-electron chi connectivity index (χ3n) is 3.83. The Morgan fingerprint density at radius 3 is 2.71 bits per heavy atom. The second-order valence-corrected chi connectivity index (χ2v) is 7.41. The van der Waals surface area contributed by atoms with Crippen molar-refractivity contribution in [1.82, 2.24) is 10.2 Å². The number of amides is 1.